The summed E-state index contributed by atoms with van der Waals surface area (Å²) < 4.78 is 50.8. The van der Waals surface area contributed by atoms with Gasteiger partial charge in [-0.15, -0.1) is 0 Å². The van der Waals surface area contributed by atoms with Gasteiger partial charge in [0.15, 0.2) is 5.82 Å². The molecule has 4 aromatic rings. The van der Waals surface area contributed by atoms with Crippen LogP contribution in [0.3, 0.4) is 0 Å². The van der Waals surface area contributed by atoms with Gasteiger partial charge in [0.25, 0.3) is 5.92 Å². The van der Waals surface area contributed by atoms with Gasteiger partial charge in [0.2, 0.25) is 0 Å². The third kappa shape index (κ3) is 4.52. The zero-order valence-electron chi connectivity index (χ0n) is 25.6. The van der Waals surface area contributed by atoms with Gasteiger partial charge in [-0.05, 0) is 86.4 Å². The lowest BCUT2D eigenvalue weighted by Gasteiger charge is -2.50. The number of rotatable bonds is 6. The quantitative estimate of drug-likeness (QED) is 0.284. The number of halogens is 3. The van der Waals surface area contributed by atoms with E-state index in [-0.39, 0.29) is 59.5 Å². The number of alkyl halides is 2. The number of hydrogen-bond donors (Lipinski definition) is 1. The van der Waals surface area contributed by atoms with Gasteiger partial charge in [-0.3, -0.25) is 14.8 Å². The van der Waals surface area contributed by atoms with Crippen LogP contribution in [-0.2, 0) is 0 Å². The average molecular weight is 631 g/mol. The molecule has 240 valence electrons. The molecule has 6 heterocycles. The predicted octanol–water partition coefficient (Wildman–Crippen LogP) is 5.86. The van der Waals surface area contributed by atoms with Crippen LogP contribution in [0, 0.1) is 17.7 Å². The molecule has 1 saturated carbocycles. The first-order valence-electron chi connectivity index (χ1n) is 16.6. The van der Waals surface area contributed by atoms with E-state index in [9.17, 15) is 13.9 Å². The Kier molecular flexibility index (Phi) is 6.45. The molecule has 4 saturated heterocycles. The van der Waals surface area contributed by atoms with Crippen molar-refractivity contribution < 1.29 is 23.0 Å². The van der Waals surface area contributed by atoms with Gasteiger partial charge < -0.3 is 14.7 Å². The van der Waals surface area contributed by atoms with Crippen molar-refractivity contribution in [3.63, 3.8) is 0 Å². The molecule has 2 bridgehead atoms. The number of aromatic hydroxyl groups is 1. The van der Waals surface area contributed by atoms with Crippen LogP contribution in [0.15, 0.2) is 42.6 Å². The second kappa shape index (κ2) is 10.4. The highest BCUT2D eigenvalue weighted by molar-refractivity contribution is 5.99. The van der Waals surface area contributed by atoms with Gasteiger partial charge in [0.05, 0.1) is 24.0 Å². The summed E-state index contributed by atoms with van der Waals surface area (Å²) in [5, 5.41) is 12.5. The Balaban J connectivity index is 1.12. The van der Waals surface area contributed by atoms with Crippen LogP contribution < -0.4 is 9.64 Å². The highest BCUT2D eigenvalue weighted by Crippen LogP contribution is 2.46. The lowest BCUT2D eigenvalue weighted by atomic mass is 9.88. The summed E-state index contributed by atoms with van der Waals surface area (Å²) in [4.78, 5) is 20.8. The second-order valence-electron chi connectivity index (χ2n) is 14.2. The highest BCUT2D eigenvalue weighted by Gasteiger charge is 2.54. The average Bonchev–Trinajstić information content (AvgIpc) is 3.69. The molecule has 2 atom stereocenters. The highest BCUT2D eigenvalue weighted by atomic mass is 19.3. The Labute approximate surface area is 265 Å². The number of likely N-dealkylation sites (tertiary alicyclic amines) is 1. The fourth-order valence-electron chi connectivity index (χ4n) is 9.39. The molecule has 1 N–H and O–H groups in total. The van der Waals surface area contributed by atoms with E-state index >= 15 is 4.39 Å². The molecule has 5 fully saturated rings. The lowest BCUT2D eigenvalue weighted by Crippen LogP contribution is -2.65. The van der Waals surface area contributed by atoms with Gasteiger partial charge >= 0.3 is 6.01 Å². The van der Waals surface area contributed by atoms with E-state index in [1.165, 1.54) is 6.07 Å². The van der Waals surface area contributed by atoms with Crippen LogP contribution >= 0.6 is 0 Å². The molecular formula is C35H37F3N6O2. The maximum absolute atomic E-state index is 16.8. The minimum Gasteiger partial charge on any atom is -0.508 e. The van der Waals surface area contributed by atoms with Crippen LogP contribution in [0.1, 0.15) is 38.5 Å². The maximum atomic E-state index is 16.8. The number of aromatic nitrogens is 3. The van der Waals surface area contributed by atoms with Gasteiger partial charge in [-0.25, -0.2) is 13.2 Å². The third-order valence-corrected chi connectivity index (χ3v) is 11.4. The smallest absolute Gasteiger partial charge is 0.319 e. The number of phenolic OH excluding ortho intramolecular Hbond substituents is 1. The van der Waals surface area contributed by atoms with Crippen LogP contribution in [-0.4, -0.2) is 93.2 Å². The summed E-state index contributed by atoms with van der Waals surface area (Å²) in [7, 11) is 0. The standard InChI is InChI=1S/C35H37F3N6O2/c36-28-29(26-14-24(45)13-21-5-1-2-6-25(21)26)39-15-27-30(28)40-33(46-20-34-9-3-11-44(34)12-4-10-34)41-32(27)42-16-22-7-8-23(17-42)31(22)43-18-35(37,38)19-43/h1-2,5-6,13-15,22-23,31,45H,3-4,7-12,16-20H2. The summed E-state index contributed by atoms with van der Waals surface area (Å²) >= 11 is 0. The van der Waals surface area contributed by atoms with Crippen LogP contribution in [0.4, 0.5) is 19.0 Å². The molecular weight excluding hydrogens is 593 g/mol. The van der Waals surface area contributed by atoms with E-state index in [2.05, 4.69) is 19.8 Å². The Hall–Kier alpha value is -3.70. The van der Waals surface area contributed by atoms with Crippen LogP contribution in [0.5, 0.6) is 11.8 Å². The molecule has 4 aliphatic heterocycles. The number of pyridine rings is 1. The largest absolute Gasteiger partial charge is 0.508 e. The molecule has 1 aliphatic carbocycles. The minimum absolute atomic E-state index is 0.0256. The fourth-order valence-corrected chi connectivity index (χ4v) is 9.39. The SMILES string of the molecule is Oc1cc(-c2ncc3c(N4CC5CCC(C4)C5N4CC(F)(F)C4)nc(OCC45CCCN4CCC5)nc3c2F)c2ccccc2c1. The zero-order chi connectivity index (χ0) is 31.2. The lowest BCUT2D eigenvalue weighted by molar-refractivity contribution is -0.156. The first-order valence-corrected chi connectivity index (χ1v) is 16.6. The molecule has 2 aromatic carbocycles. The van der Waals surface area contributed by atoms with Crippen molar-refractivity contribution in [1.82, 2.24) is 24.8 Å². The Morgan fingerprint density at radius 2 is 1.70 bits per heavy atom. The number of nitrogens with zero attached hydrogens (tertiary/aromatic N) is 6. The van der Waals surface area contributed by atoms with E-state index in [0.29, 0.717) is 36.5 Å². The number of ether oxygens (including phenoxy) is 1. The predicted molar refractivity (Wildman–Crippen MR) is 169 cm³/mol. The van der Waals surface area contributed by atoms with Gasteiger partial charge in [-0.2, -0.15) is 9.97 Å². The topological polar surface area (TPSA) is 77.9 Å². The van der Waals surface area contributed by atoms with Gasteiger partial charge in [0.1, 0.15) is 29.4 Å². The number of anilines is 1. The monoisotopic (exact) mass is 630 g/mol. The summed E-state index contributed by atoms with van der Waals surface area (Å²) in [6.07, 6.45) is 7.97. The molecule has 0 radical (unpaired) electrons. The van der Waals surface area contributed by atoms with E-state index in [1.807, 2.05) is 29.2 Å². The number of phenols is 1. The Morgan fingerprint density at radius 3 is 2.43 bits per heavy atom. The molecule has 11 heteroatoms. The first kappa shape index (κ1) is 28.5. The molecule has 2 aromatic heterocycles. The van der Waals surface area contributed by atoms with E-state index < -0.39 is 11.7 Å². The van der Waals surface area contributed by atoms with Crippen molar-refractivity contribution in [3.8, 4) is 23.0 Å². The Morgan fingerprint density at radius 1 is 0.957 bits per heavy atom. The summed E-state index contributed by atoms with van der Waals surface area (Å²) in [5.74, 6) is -2.13. The number of benzene rings is 2. The maximum Gasteiger partial charge on any atom is 0.319 e. The Bertz CT molecular complexity index is 1820. The second-order valence-corrected chi connectivity index (χ2v) is 14.2. The molecule has 5 aliphatic rings. The molecule has 0 amide bonds. The molecule has 0 spiro atoms. The number of piperidine rings is 1. The van der Waals surface area contributed by atoms with E-state index in [1.54, 1.807) is 12.3 Å². The van der Waals surface area contributed by atoms with Gasteiger partial charge in [0, 0.05) is 30.9 Å². The van der Waals surface area contributed by atoms with Crippen molar-refractivity contribution in [3.05, 3.63) is 48.4 Å². The molecule has 8 nitrogen and oxygen atoms in total. The molecule has 2 unspecified atom stereocenters. The van der Waals surface area contributed by atoms with Crippen LogP contribution in [0.25, 0.3) is 32.9 Å². The zero-order valence-corrected chi connectivity index (χ0v) is 25.6. The molecule has 46 heavy (non-hydrogen) atoms. The van der Waals surface area contributed by atoms with Crippen molar-refractivity contribution >= 4 is 27.5 Å². The van der Waals surface area contributed by atoms with Crippen molar-refractivity contribution in [1.29, 1.82) is 0 Å². The van der Waals surface area contributed by atoms with Crippen molar-refractivity contribution in [2.75, 3.05) is 50.8 Å². The first-order chi connectivity index (χ1) is 22.3. The van der Waals surface area contributed by atoms with Gasteiger partial charge in [-0.1, -0.05) is 24.3 Å². The summed E-state index contributed by atoms with van der Waals surface area (Å²) in [5.41, 5.74) is 0.678. The number of hydrogen-bond acceptors (Lipinski definition) is 8. The van der Waals surface area contributed by atoms with Crippen molar-refractivity contribution in [2.24, 2.45) is 11.8 Å². The van der Waals surface area contributed by atoms with Crippen molar-refractivity contribution in [2.45, 2.75) is 56.0 Å². The third-order valence-electron chi connectivity index (χ3n) is 11.4. The summed E-state index contributed by atoms with van der Waals surface area (Å²) in [6, 6.07) is 11.0. The minimum atomic E-state index is -2.60. The normalized spacial score (nSPS) is 26.9. The van der Waals surface area contributed by atoms with E-state index in [0.717, 1.165) is 62.4 Å². The number of fused-ring (bicyclic) bond motifs is 5. The summed E-state index contributed by atoms with van der Waals surface area (Å²) in [6.45, 7) is 3.54. The van der Waals surface area contributed by atoms with E-state index in [4.69, 9.17) is 9.72 Å². The van der Waals surface area contributed by atoms with Crippen LogP contribution in [0.2, 0.25) is 0 Å². The molecule has 9 rings (SSSR count). The fraction of sp³-hybridized carbons (Fsp3) is 0.514.